The van der Waals surface area contributed by atoms with Gasteiger partial charge in [0, 0.05) is 0 Å². The van der Waals surface area contributed by atoms with Crippen LogP contribution in [0.4, 0.5) is 0 Å². The van der Waals surface area contributed by atoms with Crippen molar-refractivity contribution >= 4 is 29.4 Å². The van der Waals surface area contributed by atoms with E-state index in [1.165, 1.54) is 19.1 Å². The summed E-state index contributed by atoms with van der Waals surface area (Å²) in [5, 5.41) is 12.2. The minimum atomic E-state index is 0.424. The van der Waals surface area contributed by atoms with E-state index >= 15 is 0 Å². The van der Waals surface area contributed by atoms with Gasteiger partial charge in [0.25, 0.3) is 0 Å². The molecule has 1 N–H and O–H groups in total. The van der Waals surface area contributed by atoms with Crippen LogP contribution < -0.4 is 4.74 Å². The fraction of sp³-hybridized carbons (Fsp3) is 0.462. The molecule has 0 atom stereocenters. The van der Waals surface area contributed by atoms with Crippen LogP contribution in [-0.2, 0) is 0 Å². The molecule has 0 unspecified atom stereocenters. The maximum absolute atomic E-state index is 8.45. The molecule has 1 rings (SSSR count). The van der Waals surface area contributed by atoms with E-state index in [1.807, 2.05) is 0 Å². The van der Waals surface area contributed by atoms with Crippen molar-refractivity contribution in [2.75, 3.05) is 6.61 Å². The molecule has 0 aromatic heterocycles. The third-order valence-electron chi connectivity index (χ3n) is 2.47. The lowest BCUT2D eigenvalue weighted by Gasteiger charge is -2.10. The summed E-state index contributed by atoms with van der Waals surface area (Å²) in [5.74, 6) is 0.491. The highest BCUT2D eigenvalue weighted by atomic mass is 35.5. The Kier molecular flexibility index (Phi) is 6.91. The summed E-state index contributed by atoms with van der Waals surface area (Å²) in [6.45, 7) is 2.77. The first-order chi connectivity index (χ1) is 8.69. The maximum Gasteiger partial charge on any atom is 0.156 e. The van der Waals surface area contributed by atoms with Crippen molar-refractivity contribution in [3.8, 4) is 5.75 Å². The van der Waals surface area contributed by atoms with Crippen molar-refractivity contribution in [2.45, 2.75) is 32.6 Å². The van der Waals surface area contributed by atoms with Gasteiger partial charge in [0.2, 0.25) is 0 Å². The van der Waals surface area contributed by atoms with Crippen LogP contribution in [0.1, 0.15) is 38.2 Å². The number of oxime groups is 1. The number of unbranched alkanes of at least 4 members (excludes halogenated alkanes) is 3. The van der Waals surface area contributed by atoms with E-state index in [1.54, 1.807) is 12.1 Å². The Hall–Kier alpha value is -0.930. The Morgan fingerprint density at radius 2 is 1.89 bits per heavy atom. The highest BCUT2D eigenvalue weighted by Crippen LogP contribution is 2.34. The van der Waals surface area contributed by atoms with Crippen molar-refractivity contribution in [2.24, 2.45) is 5.16 Å². The van der Waals surface area contributed by atoms with Crippen molar-refractivity contribution < 1.29 is 9.94 Å². The smallest absolute Gasteiger partial charge is 0.156 e. The normalized spacial score (nSPS) is 11.1. The molecule has 0 radical (unpaired) electrons. The molecule has 5 heteroatoms. The van der Waals surface area contributed by atoms with Crippen LogP contribution in [-0.4, -0.2) is 18.0 Å². The molecular weight excluding hydrogens is 273 g/mol. The second kappa shape index (κ2) is 8.22. The van der Waals surface area contributed by atoms with Gasteiger partial charge in [0.1, 0.15) is 0 Å². The van der Waals surface area contributed by atoms with Gasteiger partial charge in [-0.3, -0.25) is 0 Å². The van der Waals surface area contributed by atoms with Gasteiger partial charge in [-0.05, 0) is 24.1 Å². The fourth-order valence-electron chi connectivity index (χ4n) is 1.56. The molecule has 0 saturated heterocycles. The van der Waals surface area contributed by atoms with E-state index in [4.69, 9.17) is 33.1 Å². The number of nitrogens with zero attached hydrogens (tertiary/aromatic N) is 1. The largest absolute Gasteiger partial charge is 0.490 e. The Labute approximate surface area is 117 Å². The number of rotatable bonds is 7. The number of hydrogen-bond acceptors (Lipinski definition) is 3. The third-order valence-corrected chi connectivity index (χ3v) is 3.03. The van der Waals surface area contributed by atoms with Gasteiger partial charge in [-0.25, -0.2) is 0 Å². The number of hydrogen-bond donors (Lipinski definition) is 1. The van der Waals surface area contributed by atoms with Gasteiger partial charge >= 0.3 is 0 Å². The lowest BCUT2D eigenvalue weighted by atomic mass is 10.2. The van der Waals surface area contributed by atoms with Crippen LogP contribution in [0.5, 0.6) is 5.75 Å². The van der Waals surface area contributed by atoms with Crippen LogP contribution >= 0.6 is 23.2 Å². The second-order valence-corrected chi connectivity index (χ2v) is 4.78. The molecule has 1 aromatic rings. The Morgan fingerprint density at radius 3 is 2.44 bits per heavy atom. The number of halogens is 2. The van der Waals surface area contributed by atoms with Crippen LogP contribution in [0.2, 0.25) is 10.0 Å². The van der Waals surface area contributed by atoms with Gasteiger partial charge in [-0.2, -0.15) is 0 Å². The average molecular weight is 290 g/mol. The standard InChI is InChI=1S/C13H17Cl2NO2/c1-2-3-4-5-6-18-13-11(14)7-10(9-16-17)8-12(13)15/h7-9,17H,2-6H2,1H3. The minimum absolute atomic E-state index is 0.424. The zero-order chi connectivity index (χ0) is 13.4. The highest BCUT2D eigenvalue weighted by molar-refractivity contribution is 6.37. The van der Waals surface area contributed by atoms with Crippen LogP contribution in [0.3, 0.4) is 0 Å². The first-order valence-corrected chi connectivity index (χ1v) is 6.74. The molecule has 0 saturated carbocycles. The summed E-state index contributed by atoms with van der Waals surface area (Å²) in [7, 11) is 0. The van der Waals surface area contributed by atoms with Crippen molar-refractivity contribution in [3.63, 3.8) is 0 Å². The van der Waals surface area contributed by atoms with Crippen molar-refractivity contribution in [1.82, 2.24) is 0 Å². The van der Waals surface area contributed by atoms with Crippen LogP contribution in [0.15, 0.2) is 17.3 Å². The molecular formula is C13H17Cl2NO2. The van der Waals surface area contributed by atoms with Crippen LogP contribution in [0, 0.1) is 0 Å². The second-order valence-electron chi connectivity index (χ2n) is 3.97. The molecule has 0 fully saturated rings. The quantitative estimate of drug-likeness (QED) is 0.340. The van der Waals surface area contributed by atoms with Crippen molar-refractivity contribution in [3.05, 3.63) is 27.7 Å². The zero-order valence-corrected chi connectivity index (χ0v) is 11.8. The van der Waals surface area contributed by atoms with E-state index in [2.05, 4.69) is 12.1 Å². The van der Waals surface area contributed by atoms with E-state index in [0.29, 0.717) is 28.0 Å². The molecule has 0 heterocycles. The molecule has 0 spiro atoms. The molecule has 0 amide bonds. The fourth-order valence-corrected chi connectivity index (χ4v) is 2.17. The van der Waals surface area contributed by atoms with E-state index in [9.17, 15) is 0 Å². The Morgan fingerprint density at radius 1 is 1.22 bits per heavy atom. The Bertz CT molecular complexity index is 385. The monoisotopic (exact) mass is 289 g/mol. The number of ether oxygens (including phenoxy) is 1. The summed E-state index contributed by atoms with van der Waals surface area (Å²) in [4.78, 5) is 0. The van der Waals surface area contributed by atoms with Gasteiger partial charge in [-0.1, -0.05) is 54.5 Å². The summed E-state index contributed by atoms with van der Waals surface area (Å²) >= 11 is 12.1. The first kappa shape index (κ1) is 15.1. The highest BCUT2D eigenvalue weighted by Gasteiger charge is 2.09. The van der Waals surface area contributed by atoms with Gasteiger partial charge in [-0.15, -0.1) is 0 Å². The summed E-state index contributed by atoms with van der Waals surface area (Å²) < 4.78 is 5.58. The Balaban J connectivity index is 2.60. The lowest BCUT2D eigenvalue weighted by Crippen LogP contribution is -1.99. The molecule has 1 aromatic carbocycles. The molecule has 3 nitrogen and oxygen atoms in total. The number of benzene rings is 1. The summed E-state index contributed by atoms with van der Waals surface area (Å²) in [5.41, 5.74) is 0.630. The zero-order valence-electron chi connectivity index (χ0n) is 10.3. The van der Waals surface area contributed by atoms with E-state index in [0.717, 1.165) is 12.8 Å². The molecule has 0 aliphatic heterocycles. The first-order valence-electron chi connectivity index (χ1n) is 5.98. The van der Waals surface area contributed by atoms with Crippen LogP contribution in [0.25, 0.3) is 0 Å². The van der Waals surface area contributed by atoms with E-state index in [-0.39, 0.29) is 0 Å². The predicted molar refractivity (Wildman–Crippen MR) is 75.5 cm³/mol. The van der Waals surface area contributed by atoms with Gasteiger partial charge < -0.3 is 9.94 Å². The topological polar surface area (TPSA) is 41.8 Å². The lowest BCUT2D eigenvalue weighted by molar-refractivity contribution is 0.305. The molecule has 0 aliphatic rings. The van der Waals surface area contributed by atoms with Crippen molar-refractivity contribution in [1.29, 1.82) is 0 Å². The molecule has 0 aliphatic carbocycles. The summed E-state index contributed by atoms with van der Waals surface area (Å²) in [6, 6.07) is 3.29. The SMILES string of the molecule is CCCCCCOc1c(Cl)cc(C=NO)cc1Cl. The minimum Gasteiger partial charge on any atom is -0.490 e. The molecule has 0 bridgehead atoms. The van der Waals surface area contributed by atoms with Gasteiger partial charge in [0.05, 0.1) is 22.9 Å². The molecule has 18 heavy (non-hydrogen) atoms. The predicted octanol–water partition coefficient (Wildman–Crippen LogP) is 4.76. The van der Waals surface area contributed by atoms with E-state index < -0.39 is 0 Å². The summed E-state index contributed by atoms with van der Waals surface area (Å²) in [6.07, 6.45) is 5.79. The maximum atomic E-state index is 8.45. The third kappa shape index (κ3) is 4.75. The van der Waals surface area contributed by atoms with Gasteiger partial charge in [0.15, 0.2) is 5.75 Å². The molecule has 100 valence electrons. The average Bonchev–Trinajstić information content (AvgIpc) is 2.32.